The summed E-state index contributed by atoms with van der Waals surface area (Å²) in [6.07, 6.45) is 5.63. The highest BCUT2D eigenvalue weighted by atomic mass is 16.2. The van der Waals surface area contributed by atoms with Crippen LogP contribution in [0.15, 0.2) is 42.9 Å². The summed E-state index contributed by atoms with van der Waals surface area (Å²) in [6.45, 7) is 1.55. The van der Waals surface area contributed by atoms with Crippen LogP contribution in [0.5, 0.6) is 0 Å². The van der Waals surface area contributed by atoms with Gasteiger partial charge in [-0.2, -0.15) is 0 Å². The van der Waals surface area contributed by atoms with Crippen molar-refractivity contribution in [2.75, 3.05) is 32.1 Å². The van der Waals surface area contributed by atoms with E-state index in [0.717, 1.165) is 42.8 Å². The van der Waals surface area contributed by atoms with E-state index in [1.165, 1.54) is 5.56 Å². The van der Waals surface area contributed by atoms with E-state index in [1.807, 2.05) is 48.3 Å². The molecule has 1 aliphatic heterocycles. The number of pyridine rings is 1. The molecule has 3 aromatic rings. The number of imidazole rings is 1. The summed E-state index contributed by atoms with van der Waals surface area (Å²) >= 11 is 0. The van der Waals surface area contributed by atoms with Gasteiger partial charge in [0.15, 0.2) is 0 Å². The maximum absolute atomic E-state index is 13.0. The number of carbonyl (C=O) groups excluding carboxylic acids is 1. The standard InChI is InChI=1S/C20H23N5O/c1-24(2)19-11-14(7-8-21-19)16-4-3-9-25(12-16)20(26)15-5-6-17-18(10-15)23-13-22-17/h5-8,10-11,13,16H,3-4,9,12H2,1-2H3,(H,22,23). The predicted octanol–water partition coefficient (Wildman–Crippen LogP) is 3.04. The van der Waals surface area contributed by atoms with Crippen LogP contribution in [0.3, 0.4) is 0 Å². The molecular weight excluding hydrogens is 326 g/mol. The second-order valence-electron chi connectivity index (χ2n) is 7.07. The minimum Gasteiger partial charge on any atom is -0.363 e. The van der Waals surface area contributed by atoms with Crippen molar-refractivity contribution in [3.8, 4) is 0 Å². The van der Waals surface area contributed by atoms with Gasteiger partial charge in [-0.05, 0) is 48.7 Å². The number of fused-ring (bicyclic) bond motifs is 1. The van der Waals surface area contributed by atoms with Gasteiger partial charge in [-0.15, -0.1) is 0 Å². The van der Waals surface area contributed by atoms with Gasteiger partial charge in [-0.3, -0.25) is 4.79 Å². The zero-order chi connectivity index (χ0) is 18.1. The fourth-order valence-electron chi connectivity index (χ4n) is 3.62. The fourth-order valence-corrected chi connectivity index (χ4v) is 3.62. The minimum absolute atomic E-state index is 0.0908. The van der Waals surface area contributed by atoms with Crippen LogP contribution in [0.1, 0.15) is 34.7 Å². The number of aromatic amines is 1. The molecule has 26 heavy (non-hydrogen) atoms. The lowest BCUT2D eigenvalue weighted by molar-refractivity contribution is 0.0707. The molecule has 0 radical (unpaired) electrons. The highest BCUT2D eigenvalue weighted by Crippen LogP contribution is 2.29. The van der Waals surface area contributed by atoms with E-state index in [1.54, 1.807) is 6.33 Å². The van der Waals surface area contributed by atoms with Gasteiger partial charge in [0.1, 0.15) is 5.82 Å². The fraction of sp³-hybridized carbons (Fsp3) is 0.350. The van der Waals surface area contributed by atoms with Crippen molar-refractivity contribution >= 4 is 22.8 Å². The molecule has 3 heterocycles. The molecule has 0 bridgehead atoms. The lowest BCUT2D eigenvalue weighted by Gasteiger charge is -2.33. The molecule has 0 aliphatic carbocycles. The first kappa shape index (κ1) is 16.6. The molecule has 0 saturated carbocycles. The van der Waals surface area contributed by atoms with Crippen LogP contribution < -0.4 is 4.90 Å². The number of nitrogens with zero attached hydrogens (tertiary/aromatic N) is 4. The molecule has 1 saturated heterocycles. The third-order valence-electron chi connectivity index (χ3n) is 5.07. The number of anilines is 1. The van der Waals surface area contributed by atoms with Gasteiger partial charge in [0, 0.05) is 44.9 Å². The number of benzene rings is 1. The maximum atomic E-state index is 13.0. The monoisotopic (exact) mass is 349 g/mol. The Balaban J connectivity index is 1.54. The molecular formula is C20H23N5O. The number of likely N-dealkylation sites (tertiary alicyclic amines) is 1. The third-order valence-corrected chi connectivity index (χ3v) is 5.07. The smallest absolute Gasteiger partial charge is 0.253 e. The van der Waals surface area contributed by atoms with Crippen LogP contribution in [-0.2, 0) is 0 Å². The highest BCUT2D eigenvalue weighted by Gasteiger charge is 2.26. The van der Waals surface area contributed by atoms with E-state index in [0.29, 0.717) is 11.5 Å². The number of hydrogen-bond acceptors (Lipinski definition) is 4. The molecule has 1 atom stereocenters. The van der Waals surface area contributed by atoms with Crippen LogP contribution in [0.2, 0.25) is 0 Å². The zero-order valence-corrected chi connectivity index (χ0v) is 15.1. The lowest BCUT2D eigenvalue weighted by atomic mass is 9.90. The average molecular weight is 349 g/mol. The Kier molecular flexibility index (Phi) is 4.32. The van der Waals surface area contributed by atoms with E-state index in [9.17, 15) is 4.79 Å². The molecule has 6 heteroatoms. The van der Waals surface area contributed by atoms with Gasteiger partial charge >= 0.3 is 0 Å². The van der Waals surface area contributed by atoms with E-state index >= 15 is 0 Å². The molecule has 6 nitrogen and oxygen atoms in total. The molecule has 1 fully saturated rings. The van der Waals surface area contributed by atoms with E-state index in [4.69, 9.17) is 0 Å². The number of hydrogen-bond donors (Lipinski definition) is 1. The number of nitrogens with one attached hydrogen (secondary N) is 1. The van der Waals surface area contributed by atoms with Gasteiger partial charge in [0.2, 0.25) is 0 Å². The summed E-state index contributed by atoms with van der Waals surface area (Å²) in [5.41, 5.74) is 3.75. The van der Waals surface area contributed by atoms with Gasteiger partial charge in [-0.25, -0.2) is 9.97 Å². The van der Waals surface area contributed by atoms with Crippen LogP contribution in [0, 0.1) is 0 Å². The number of rotatable bonds is 3. The van der Waals surface area contributed by atoms with Crippen molar-refractivity contribution in [2.45, 2.75) is 18.8 Å². The number of aromatic nitrogens is 3. The van der Waals surface area contributed by atoms with Crippen LogP contribution in [-0.4, -0.2) is 52.9 Å². The lowest BCUT2D eigenvalue weighted by Crippen LogP contribution is -2.39. The Labute approximate surface area is 152 Å². The predicted molar refractivity (Wildman–Crippen MR) is 103 cm³/mol. The van der Waals surface area contributed by atoms with Crippen molar-refractivity contribution < 1.29 is 4.79 Å². The molecule has 1 N–H and O–H groups in total. The molecule has 2 aromatic heterocycles. The molecule has 4 rings (SSSR count). The maximum Gasteiger partial charge on any atom is 0.253 e. The number of carbonyl (C=O) groups is 1. The van der Waals surface area contributed by atoms with Gasteiger partial charge in [0.25, 0.3) is 5.91 Å². The summed E-state index contributed by atoms with van der Waals surface area (Å²) in [7, 11) is 3.99. The number of amides is 1. The first-order valence-electron chi connectivity index (χ1n) is 8.97. The van der Waals surface area contributed by atoms with Crippen molar-refractivity contribution in [3.05, 3.63) is 54.0 Å². The van der Waals surface area contributed by atoms with Gasteiger partial charge in [0.05, 0.1) is 17.4 Å². The van der Waals surface area contributed by atoms with Gasteiger partial charge in [-0.1, -0.05) is 0 Å². The van der Waals surface area contributed by atoms with Gasteiger partial charge < -0.3 is 14.8 Å². The quantitative estimate of drug-likeness (QED) is 0.789. The Morgan fingerprint density at radius 3 is 2.96 bits per heavy atom. The molecule has 1 amide bonds. The normalized spacial score (nSPS) is 17.5. The van der Waals surface area contributed by atoms with Crippen LogP contribution in [0.25, 0.3) is 11.0 Å². The Hall–Kier alpha value is -2.89. The number of H-pyrrole nitrogens is 1. The van der Waals surface area contributed by atoms with E-state index in [-0.39, 0.29) is 5.91 Å². The minimum atomic E-state index is 0.0908. The second-order valence-corrected chi connectivity index (χ2v) is 7.07. The van der Waals surface area contributed by atoms with Crippen LogP contribution in [0.4, 0.5) is 5.82 Å². The first-order valence-corrected chi connectivity index (χ1v) is 8.97. The molecule has 1 aliphatic rings. The summed E-state index contributed by atoms with van der Waals surface area (Å²) in [6, 6.07) is 9.86. The largest absolute Gasteiger partial charge is 0.363 e. The summed E-state index contributed by atoms with van der Waals surface area (Å²) < 4.78 is 0. The summed E-state index contributed by atoms with van der Waals surface area (Å²) in [5.74, 6) is 1.40. The Morgan fingerprint density at radius 2 is 2.12 bits per heavy atom. The Bertz CT molecular complexity index is 933. The van der Waals surface area contributed by atoms with E-state index < -0.39 is 0 Å². The summed E-state index contributed by atoms with van der Waals surface area (Å²) in [4.78, 5) is 28.7. The Morgan fingerprint density at radius 1 is 1.23 bits per heavy atom. The van der Waals surface area contributed by atoms with Crippen molar-refractivity contribution in [1.29, 1.82) is 0 Å². The topological polar surface area (TPSA) is 65.1 Å². The van der Waals surface area contributed by atoms with Crippen molar-refractivity contribution in [1.82, 2.24) is 19.9 Å². The van der Waals surface area contributed by atoms with Crippen molar-refractivity contribution in [3.63, 3.8) is 0 Å². The average Bonchev–Trinajstić information content (AvgIpc) is 3.15. The van der Waals surface area contributed by atoms with E-state index in [2.05, 4.69) is 27.1 Å². The van der Waals surface area contributed by atoms with Crippen molar-refractivity contribution in [2.24, 2.45) is 0 Å². The first-order chi connectivity index (χ1) is 12.6. The molecule has 1 aromatic carbocycles. The third kappa shape index (κ3) is 3.14. The van der Waals surface area contributed by atoms with Crippen LogP contribution >= 0.6 is 0 Å². The summed E-state index contributed by atoms with van der Waals surface area (Å²) in [5, 5.41) is 0. The highest BCUT2D eigenvalue weighted by molar-refractivity contribution is 5.97. The number of piperidine rings is 1. The molecule has 134 valence electrons. The molecule has 1 unspecified atom stereocenters. The second kappa shape index (κ2) is 6.78. The zero-order valence-electron chi connectivity index (χ0n) is 15.1. The molecule has 0 spiro atoms. The SMILES string of the molecule is CN(C)c1cc(C2CCCN(C(=O)c3ccc4nc[nH]c4c3)C2)ccn1.